The summed E-state index contributed by atoms with van der Waals surface area (Å²) in [5, 5.41) is 12.5. The van der Waals surface area contributed by atoms with Gasteiger partial charge in [-0.3, -0.25) is 9.20 Å². The molecule has 5 rings (SSSR count). The van der Waals surface area contributed by atoms with E-state index in [9.17, 15) is 4.79 Å². The van der Waals surface area contributed by atoms with E-state index in [4.69, 9.17) is 9.72 Å². The smallest absolute Gasteiger partial charge is 0.259 e. The molecule has 1 aliphatic heterocycles. The molecule has 148 valence electrons. The number of nitrogens with one attached hydrogen (secondary N) is 1. The van der Waals surface area contributed by atoms with Gasteiger partial charge in [0.2, 0.25) is 5.13 Å². The maximum atomic E-state index is 12.6. The number of hydrogen-bond acceptors (Lipinski definition) is 9. The van der Waals surface area contributed by atoms with Crippen molar-refractivity contribution in [1.82, 2.24) is 19.6 Å². The molecule has 3 aromatic heterocycles. The average Bonchev–Trinajstić information content (AvgIpc) is 3.43. The van der Waals surface area contributed by atoms with Gasteiger partial charge < -0.3 is 10.1 Å². The summed E-state index contributed by atoms with van der Waals surface area (Å²) < 4.78 is 8.30. The van der Waals surface area contributed by atoms with Crippen LogP contribution in [0.25, 0.3) is 4.96 Å². The summed E-state index contributed by atoms with van der Waals surface area (Å²) in [6.45, 7) is 1.63. The minimum absolute atomic E-state index is 0.0381. The van der Waals surface area contributed by atoms with Gasteiger partial charge in [0.05, 0.1) is 11.8 Å². The molecular formula is C18H21N5O2S3. The highest BCUT2D eigenvalue weighted by molar-refractivity contribution is 8.00. The van der Waals surface area contributed by atoms with Crippen LogP contribution in [0.3, 0.4) is 0 Å². The summed E-state index contributed by atoms with van der Waals surface area (Å²) >= 11 is 4.77. The second-order valence-electron chi connectivity index (χ2n) is 7.06. The van der Waals surface area contributed by atoms with E-state index in [-0.39, 0.29) is 11.7 Å². The Bertz CT molecular complexity index is 1040. The number of rotatable bonds is 6. The van der Waals surface area contributed by atoms with Crippen LogP contribution in [0.1, 0.15) is 41.9 Å². The Morgan fingerprint density at radius 1 is 1.25 bits per heavy atom. The molecule has 0 radical (unpaired) electrons. The molecule has 1 fully saturated rings. The van der Waals surface area contributed by atoms with E-state index in [2.05, 4.69) is 15.5 Å². The third kappa shape index (κ3) is 3.83. The first-order chi connectivity index (χ1) is 13.8. The van der Waals surface area contributed by atoms with Crippen LogP contribution in [0.15, 0.2) is 15.2 Å². The van der Waals surface area contributed by atoms with Crippen molar-refractivity contribution in [3.05, 3.63) is 32.7 Å². The highest BCUT2D eigenvalue weighted by Gasteiger charge is 2.19. The molecule has 1 aliphatic carbocycles. The first-order valence-corrected chi connectivity index (χ1v) is 12.2. The van der Waals surface area contributed by atoms with Crippen LogP contribution in [-0.2, 0) is 23.3 Å². The lowest BCUT2D eigenvalue weighted by Crippen LogP contribution is -2.18. The number of hydrogen-bond donors (Lipinski definition) is 1. The lowest BCUT2D eigenvalue weighted by atomic mass is 10.0. The Hall–Kier alpha value is -1.49. The molecule has 0 spiro atoms. The van der Waals surface area contributed by atoms with E-state index < -0.39 is 0 Å². The van der Waals surface area contributed by atoms with Crippen LogP contribution in [0, 0.1) is 0 Å². The molecule has 4 heterocycles. The number of aryl methyl sites for hydroxylation is 2. The number of fused-ring (bicyclic) bond motifs is 3. The molecule has 2 aliphatic rings. The molecule has 1 atom stereocenters. The van der Waals surface area contributed by atoms with Gasteiger partial charge in [0, 0.05) is 35.5 Å². The average molecular weight is 436 g/mol. The van der Waals surface area contributed by atoms with Crippen LogP contribution in [0.2, 0.25) is 0 Å². The third-order valence-corrected chi connectivity index (χ3v) is 8.26. The Labute approximate surface area is 174 Å². The fourth-order valence-electron chi connectivity index (χ4n) is 3.70. The zero-order valence-electron chi connectivity index (χ0n) is 15.3. The van der Waals surface area contributed by atoms with Crippen LogP contribution >= 0.6 is 34.4 Å². The molecule has 10 heteroatoms. The van der Waals surface area contributed by atoms with Crippen LogP contribution in [0.5, 0.6) is 0 Å². The predicted molar refractivity (Wildman–Crippen MR) is 113 cm³/mol. The highest BCUT2D eigenvalue weighted by atomic mass is 32.2. The molecule has 0 saturated carbocycles. The van der Waals surface area contributed by atoms with Crippen LogP contribution in [-0.4, -0.2) is 38.8 Å². The number of aromatic nitrogens is 4. The third-order valence-electron chi connectivity index (χ3n) is 5.07. The van der Waals surface area contributed by atoms with Gasteiger partial charge in [0.25, 0.3) is 5.56 Å². The Morgan fingerprint density at radius 2 is 2.18 bits per heavy atom. The van der Waals surface area contributed by atoms with Crippen LogP contribution < -0.4 is 10.9 Å². The van der Waals surface area contributed by atoms with Gasteiger partial charge >= 0.3 is 0 Å². The van der Waals surface area contributed by atoms with E-state index in [1.165, 1.54) is 28.3 Å². The standard InChI is InChI=1S/C18H21N5O2S3/c24-15-8-11(20-17-23(15)13-5-1-2-6-14(13)27-17)10-26-18-22-21-16(28-18)19-9-12-4-3-7-25-12/h8,12H,1-7,9-10H2,(H,19,21)/t12-/m1/s1. The number of thiazole rings is 1. The Morgan fingerprint density at radius 3 is 3.07 bits per heavy atom. The Balaban J connectivity index is 1.25. The number of thioether (sulfide) groups is 1. The second-order valence-corrected chi connectivity index (χ2v) is 10.3. The van der Waals surface area contributed by atoms with Gasteiger partial charge in [0.1, 0.15) is 0 Å². The predicted octanol–water partition coefficient (Wildman–Crippen LogP) is 3.37. The summed E-state index contributed by atoms with van der Waals surface area (Å²) in [5.74, 6) is 0.620. The fraction of sp³-hybridized carbons (Fsp3) is 0.556. The van der Waals surface area contributed by atoms with Gasteiger partial charge in [0.15, 0.2) is 9.30 Å². The van der Waals surface area contributed by atoms with E-state index in [1.54, 1.807) is 29.2 Å². The molecule has 0 aromatic carbocycles. The summed E-state index contributed by atoms with van der Waals surface area (Å²) in [7, 11) is 0. The molecule has 0 unspecified atom stereocenters. The largest absolute Gasteiger partial charge is 0.376 e. The van der Waals surface area contributed by atoms with Crippen molar-refractivity contribution >= 4 is 44.5 Å². The molecule has 7 nitrogen and oxygen atoms in total. The van der Waals surface area contributed by atoms with Gasteiger partial charge in [-0.15, -0.1) is 21.5 Å². The van der Waals surface area contributed by atoms with Gasteiger partial charge in [-0.2, -0.15) is 0 Å². The summed E-state index contributed by atoms with van der Waals surface area (Å²) in [6.07, 6.45) is 6.93. The van der Waals surface area contributed by atoms with Crippen molar-refractivity contribution < 1.29 is 4.74 Å². The van der Waals surface area contributed by atoms with Crippen molar-refractivity contribution in [2.24, 2.45) is 0 Å². The molecule has 3 aromatic rings. The van der Waals surface area contributed by atoms with Crippen LogP contribution in [0.4, 0.5) is 5.13 Å². The molecule has 1 N–H and O–H groups in total. The normalized spacial score (nSPS) is 19.2. The maximum Gasteiger partial charge on any atom is 0.259 e. The quantitative estimate of drug-likeness (QED) is 0.595. The SMILES string of the molecule is O=c1cc(CSc2nnc(NC[C@H]3CCCO3)s2)nc2sc3c(n12)CCCC3. The van der Waals surface area contributed by atoms with Gasteiger partial charge in [-0.25, -0.2) is 4.98 Å². The highest BCUT2D eigenvalue weighted by Crippen LogP contribution is 2.30. The first kappa shape index (κ1) is 18.5. The molecule has 1 saturated heterocycles. The number of nitrogens with zero attached hydrogens (tertiary/aromatic N) is 4. The minimum atomic E-state index is 0.0381. The minimum Gasteiger partial charge on any atom is -0.376 e. The topological polar surface area (TPSA) is 81.4 Å². The molecule has 28 heavy (non-hydrogen) atoms. The van der Waals surface area contributed by atoms with E-state index in [0.717, 1.165) is 65.4 Å². The van der Waals surface area contributed by atoms with E-state index >= 15 is 0 Å². The number of anilines is 1. The van der Waals surface area contributed by atoms with E-state index in [0.29, 0.717) is 5.75 Å². The molecule has 0 bridgehead atoms. The van der Waals surface area contributed by atoms with Crippen molar-refractivity contribution in [1.29, 1.82) is 0 Å². The monoisotopic (exact) mass is 435 g/mol. The fourth-order valence-corrected chi connectivity index (χ4v) is 6.58. The van der Waals surface area contributed by atoms with Gasteiger partial charge in [-0.05, 0) is 38.5 Å². The zero-order valence-corrected chi connectivity index (χ0v) is 17.8. The first-order valence-electron chi connectivity index (χ1n) is 9.61. The lowest BCUT2D eigenvalue weighted by Gasteiger charge is -2.10. The van der Waals surface area contributed by atoms with Crippen molar-refractivity contribution in [2.45, 2.75) is 54.7 Å². The van der Waals surface area contributed by atoms with E-state index in [1.807, 2.05) is 4.40 Å². The summed E-state index contributed by atoms with van der Waals surface area (Å²) in [5.41, 5.74) is 2.02. The van der Waals surface area contributed by atoms with Crippen molar-refractivity contribution in [3.8, 4) is 0 Å². The van der Waals surface area contributed by atoms with Crippen molar-refractivity contribution in [2.75, 3.05) is 18.5 Å². The van der Waals surface area contributed by atoms with Crippen molar-refractivity contribution in [3.63, 3.8) is 0 Å². The molecular weight excluding hydrogens is 414 g/mol. The summed E-state index contributed by atoms with van der Waals surface area (Å²) in [4.78, 5) is 19.5. The molecule has 0 amide bonds. The Kier molecular flexibility index (Phi) is 5.36. The second kappa shape index (κ2) is 8.10. The van der Waals surface area contributed by atoms with Gasteiger partial charge in [-0.1, -0.05) is 23.1 Å². The summed E-state index contributed by atoms with van der Waals surface area (Å²) in [6, 6.07) is 1.67. The zero-order chi connectivity index (χ0) is 18.9. The maximum absolute atomic E-state index is 12.6. The number of ether oxygens (including phenoxy) is 1. The lowest BCUT2D eigenvalue weighted by molar-refractivity contribution is 0.120.